The van der Waals surface area contributed by atoms with E-state index >= 15 is 0 Å². The highest BCUT2D eigenvalue weighted by Gasteiger charge is 2.56. The van der Waals surface area contributed by atoms with Crippen LogP contribution in [0.2, 0.25) is 0 Å². The molecule has 0 unspecified atom stereocenters. The first-order valence-electron chi connectivity index (χ1n) is 4.12. The predicted molar refractivity (Wildman–Crippen MR) is 44.4 cm³/mol. The molecule has 1 fully saturated rings. The van der Waals surface area contributed by atoms with Crippen molar-refractivity contribution >= 4 is 0 Å². The molecule has 0 aromatic heterocycles. The zero-order valence-corrected chi connectivity index (χ0v) is 6.70. The number of alkyl halides is 1. The summed E-state index contributed by atoms with van der Waals surface area (Å²) in [7, 11) is 0. The highest BCUT2D eigenvalue weighted by atomic mass is 19.1. The molecule has 0 aliphatic heterocycles. The third-order valence-corrected chi connectivity index (χ3v) is 2.50. The van der Waals surface area contributed by atoms with Crippen molar-refractivity contribution in [1.29, 1.82) is 0 Å². The van der Waals surface area contributed by atoms with Gasteiger partial charge in [-0.2, -0.15) is 0 Å². The maximum absolute atomic E-state index is 13.7. The fourth-order valence-electron chi connectivity index (χ4n) is 1.58. The summed E-state index contributed by atoms with van der Waals surface area (Å²) in [6.07, 6.45) is 0.466. The van der Waals surface area contributed by atoms with Gasteiger partial charge >= 0.3 is 0 Å². The van der Waals surface area contributed by atoms with Crippen LogP contribution in [0.1, 0.15) is 12.0 Å². The van der Waals surface area contributed by atoms with E-state index in [2.05, 4.69) is 0 Å². The molecular weight excluding hydrogens is 155 g/mol. The molecule has 0 saturated heterocycles. The molecule has 1 aliphatic rings. The summed E-state index contributed by atoms with van der Waals surface area (Å²) in [6, 6.07) is 9.06. The molecule has 0 amide bonds. The molecule has 0 radical (unpaired) electrons. The van der Waals surface area contributed by atoms with Crippen LogP contribution in [-0.2, 0) is 5.67 Å². The van der Waals surface area contributed by atoms with Gasteiger partial charge in [0.25, 0.3) is 0 Å². The second-order valence-corrected chi connectivity index (χ2v) is 3.31. The summed E-state index contributed by atoms with van der Waals surface area (Å²) in [5, 5.41) is 8.76. The van der Waals surface area contributed by atoms with Crippen LogP contribution in [0, 0.1) is 5.92 Å². The van der Waals surface area contributed by atoms with Gasteiger partial charge in [0.2, 0.25) is 0 Å². The molecule has 1 aliphatic carbocycles. The van der Waals surface area contributed by atoms with Crippen LogP contribution in [0.5, 0.6) is 0 Å². The van der Waals surface area contributed by atoms with Crippen LogP contribution in [0.4, 0.5) is 4.39 Å². The minimum Gasteiger partial charge on any atom is -0.396 e. The van der Waals surface area contributed by atoms with E-state index in [9.17, 15) is 4.39 Å². The lowest BCUT2D eigenvalue weighted by Crippen LogP contribution is -2.04. The maximum Gasteiger partial charge on any atom is 0.141 e. The Kier molecular flexibility index (Phi) is 1.65. The summed E-state index contributed by atoms with van der Waals surface area (Å²) in [4.78, 5) is 0. The van der Waals surface area contributed by atoms with E-state index in [0.717, 1.165) is 0 Å². The number of halogens is 1. The summed E-state index contributed by atoms with van der Waals surface area (Å²) in [5.74, 6) is -0.181. The first kappa shape index (κ1) is 7.74. The molecule has 1 N–H and O–H groups in total. The molecule has 12 heavy (non-hydrogen) atoms. The van der Waals surface area contributed by atoms with Gasteiger partial charge in [-0.25, -0.2) is 4.39 Å². The first-order chi connectivity index (χ1) is 5.77. The van der Waals surface area contributed by atoms with Gasteiger partial charge in [-0.1, -0.05) is 30.3 Å². The lowest BCUT2D eigenvalue weighted by Gasteiger charge is -2.05. The number of aliphatic hydroxyl groups excluding tert-OH is 1. The number of rotatable bonds is 2. The average molecular weight is 166 g/mol. The molecule has 64 valence electrons. The van der Waals surface area contributed by atoms with Crippen molar-refractivity contribution in [3.63, 3.8) is 0 Å². The van der Waals surface area contributed by atoms with Crippen molar-refractivity contribution in [3.05, 3.63) is 35.9 Å². The molecule has 0 bridgehead atoms. The molecule has 0 heterocycles. The zero-order valence-electron chi connectivity index (χ0n) is 6.70. The van der Waals surface area contributed by atoms with E-state index in [1.54, 1.807) is 12.1 Å². The van der Waals surface area contributed by atoms with Gasteiger partial charge in [0.15, 0.2) is 0 Å². The quantitative estimate of drug-likeness (QED) is 0.711. The Morgan fingerprint density at radius 1 is 1.42 bits per heavy atom. The summed E-state index contributed by atoms with van der Waals surface area (Å²) in [5.41, 5.74) is -0.542. The number of hydrogen-bond acceptors (Lipinski definition) is 1. The van der Waals surface area contributed by atoms with Gasteiger partial charge in [-0.15, -0.1) is 0 Å². The van der Waals surface area contributed by atoms with Crippen molar-refractivity contribution in [1.82, 2.24) is 0 Å². The fraction of sp³-hybridized carbons (Fsp3) is 0.400. The molecular formula is C10H11FO. The van der Waals surface area contributed by atoms with Crippen molar-refractivity contribution in [2.45, 2.75) is 12.1 Å². The van der Waals surface area contributed by atoms with E-state index in [1.807, 2.05) is 18.2 Å². The Hall–Kier alpha value is -0.890. The molecule has 2 heteroatoms. The molecule has 1 saturated carbocycles. The normalized spacial score (nSPS) is 33.3. The van der Waals surface area contributed by atoms with Crippen molar-refractivity contribution in [3.8, 4) is 0 Å². The Bertz CT molecular complexity index is 272. The van der Waals surface area contributed by atoms with E-state index in [0.29, 0.717) is 12.0 Å². The molecule has 2 atom stereocenters. The van der Waals surface area contributed by atoms with Crippen molar-refractivity contribution < 1.29 is 9.50 Å². The highest BCUT2D eigenvalue weighted by Crippen LogP contribution is 2.55. The Balaban J connectivity index is 2.23. The van der Waals surface area contributed by atoms with Crippen LogP contribution < -0.4 is 0 Å². The van der Waals surface area contributed by atoms with Crippen LogP contribution >= 0.6 is 0 Å². The molecule has 1 aromatic carbocycles. The van der Waals surface area contributed by atoms with E-state index in [1.165, 1.54) is 0 Å². The Morgan fingerprint density at radius 2 is 2.08 bits per heavy atom. The third-order valence-electron chi connectivity index (χ3n) is 2.50. The lowest BCUT2D eigenvalue weighted by atomic mass is 10.1. The second-order valence-electron chi connectivity index (χ2n) is 3.31. The molecule has 0 spiro atoms. The summed E-state index contributed by atoms with van der Waals surface area (Å²) in [6.45, 7) is -0.0502. The van der Waals surface area contributed by atoms with E-state index < -0.39 is 5.67 Å². The van der Waals surface area contributed by atoms with Crippen LogP contribution in [-0.4, -0.2) is 11.7 Å². The second kappa shape index (κ2) is 2.56. The van der Waals surface area contributed by atoms with E-state index in [-0.39, 0.29) is 12.5 Å². The summed E-state index contributed by atoms with van der Waals surface area (Å²) < 4.78 is 13.7. The molecule has 1 aromatic rings. The standard InChI is InChI=1S/C10H11FO/c11-10(6-9(10)7-12)8-4-2-1-3-5-8/h1-5,9,12H,6-7H2/t9-,10-/m1/s1. The molecule has 1 nitrogen and oxygen atoms in total. The monoisotopic (exact) mass is 166 g/mol. The van der Waals surface area contributed by atoms with Crippen molar-refractivity contribution in [2.24, 2.45) is 5.92 Å². The number of aliphatic hydroxyl groups is 1. The lowest BCUT2D eigenvalue weighted by molar-refractivity contribution is 0.212. The van der Waals surface area contributed by atoms with Crippen molar-refractivity contribution in [2.75, 3.05) is 6.61 Å². The Morgan fingerprint density at radius 3 is 2.58 bits per heavy atom. The van der Waals surface area contributed by atoms with Crippen LogP contribution in [0.25, 0.3) is 0 Å². The van der Waals surface area contributed by atoms with Gasteiger partial charge < -0.3 is 5.11 Å². The number of hydrogen-bond donors (Lipinski definition) is 1. The van der Waals surface area contributed by atoms with Gasteiger partial charge in [-0.05, 0) is 12.0 Å². The van der Waals surface area contributed by atoms with E-state index in [4.69, 9.17) is 5.11 Å². The predicted octanol–water partition coefficient (Wildman–Crippen LogP) is 1.86. The van der Waals surface area contributed by atoms with Gasteiger partial charge in [-0.3, -0.25) is 0 Å². The minimum atomic E-state index is -1.24. The summed E-state index contributed by atoms with van der Waals surface area (Å²) >= 11 is 0. The fourth-order valence-corrected chi connectivity index (χ4v) is 1.58. The van der Waals surface area contributed by atoms with Crippen LogP contribution in [0.15, 0.2) is 30.3 Å². The highest BCUT2D eigenvalue weighted by molar-refractivity contribution is 5.29. The number of benzene rings is 1. The van der Waals surface area contributed by atoms with Crippen LogP contribution in [0.3, 0.4) is 0 Å². The zero-order chi connectivity index (χ0) is 8.60. The van der Waals surface area contributed by atoms with Gasteiger partial charge in [0.1, 0.15) is 5.67 Å². The minimum absolute atomic E-state index is 0.0502. The Labute approximate surface area is 70.8 Å². The maximum atomic E-state index is 13.7. The SMILES string of the molecule is OC[C@H]1C[C@@]1(F)c1ccccc1. The largest absolute Gasteiger partial charge is 0.396 e. The third kappa shape index (κ3) is 1.03. The smallest absolute Gasteiger partial charge is 0.141 e. The van der Waals surface area contributed by atoms with Gasteiger partial charge in [0, 0.05) is 12.5 Å². The van der Waals surface area contributed by atoms with Gasteiger partial charge in [0.05, 0.1) is 0 Å². The first-order valence-corrected chi connectivity index (χ1v) is 4.12. The average Bonchev–Trinajstić information content (AvgIpc) is 2.81. The topological polar surface area (TPSA) is 20.2 Å². The molecule has 2 rings (SSSR count).